The van der Waals surface area contributed by atoms with Crippen LogP contribution in [0, 0.1) is 5.82 Å². The molecule has 158 valence electrons. The van der Waals surface area contributed by atoms with Gasteiger partial charge in [0, 0.05) is 17.5 Å². The maximum atomic E-state index is 13.4. The molecule has 0 aliphatic heterocycles. The fourth-order valence-electron chi connectivity index (χ4n) is 2.98. The average Bonchev–Trinajstić information content (AvgIpc) is 2.75. The summed E-state index contributed by atoms with van der Waals surface area (Å²) in [5, 5.41) is 12.6. The first-order valence-corrected chi connectivity index (χ1v) is 10.2. The lowest BCUT2D eigenvalue weighted by molar-refractivity contribution is -0.121. The van der Waals surface area contributed by atoms with Gasteiger partial charge < -0.3 is 15.2 Å². The molecule has 3 rings (SSSR count). The maximum Gasteiger partial charge on any atom is 0.158 e. The van der Waals surface area contributed by atoms with Crippen molar-refractivity contribution < 1.29 is 19.0 Å². The number of anilines is 2. The molecule has 0 fully saturated rings. The third kappa shape index (κ3) is 6.11. The summed E-state index contributed by atoms with van der Waals surface area (Å²) in [6.45, 7) is 0.184. The Morgan fingerprint density at radius 2 is 1.93 bits per heavy atom. The summed E-state index contributed by atoms with van der Waals surface area (Å²) in [5.74, 6) is 0.678. The van der Waals surface area contributed by atoms with Gasteiger partial charge in [-0.3, -0.25) is 4.79 Å². The Morgan fingerprint density at radius 1 is 1.10 bits per heavy atom. The first kappa shape index (κ1) is 21.9. The standard InChI is InChI=1S/C22H23ClFN3O3/c23-19-11-15(6-8-20(19)24)27-22-18-12-17(7-9-21(18)25-14-26-22)30-10-4-2-1-3-5-16(29)13-28/h6-9,11-12,14,28H,1-5,10,13H2,(H,25,26,27). The van der Waals surface area contributed by atoms with Crippen LogP contribution >= 0.6 is 11.6 Å². The van der Waals surface area contributed by atoms with Crippen molar-refractivity contribution in [2.24, 2.45) is 0 Å². The van der Waals surface area contributed by atoms with Crippen molar-refractivity contribution in [3.05, 3.63) is 53.6 Å². The minimum Gasteiger partial charge on any atom is -0.494 e. The van der Waals surface area contributed by atoms with E-state index in [1.54, 1.807) is 6.07 Å². The summed E-state index contributed by atoms with van der Waals surface area (Å²) in [6, 6.07) is 9.96. The molecule has 1 aromatic heterocycles. The molecule has 3 aromatic rings. The number of hydrogen-bond donors (Lipinski definition) is 2. The van der Waals surface area contributed by atoms with Crippen LogP contribution in [0.5, 0.6) is 5.75 Å². The first-order valence-electron chi connectivity index (χ1n) is 9.79. The van der Waals surface area contributed by atoms with Crippen molar-refractivity contribution in [2.75, 3.05) is 18.5 Å². The van der Waals surface area contributed by atoms with Gasteiger partial charge in [-0.2, -0.15) is 0 Å². The van der Waals surface area contributed by atoms with E-state index in [0.29, 0.717) is 30.3 Å². The van der Waals surface area contributed by atoms with Gasteiger partial charge in [-0.25, -0.2) is 14.4 Å². The van der Waals surface area contributed by atoms with Crippen LogP contribution in [0.1, 0.15) is 32.1 Å². The Bertz CT molecular complexity index is 1020. The van der Waals surface area contributed by atoms with Crippen LogP contribution < -0.4 is 10.1 Å². The molecule has 0 radical (unpaired) electrons. The number of Topliss-reactive ketones (excluding diaryl/α,β-unsaturated/α-hetero) is 1. The molecule has 0 unspecified atom stereocenters. The number of aliphatic hydroxyl groups excluding tert-OH is 1. The van der Waals surface area contributed by atoms with Crippen molar-refractivity contribution >= 4 is 39.8 Å². The lowest BCUT2D eigenvalue weighted by atomic mass is 10.1. The van der Waals surface area contributed by atoms with E-state index in [1.807, 2.05) is 18.2 Å². The van der Waals surface area contributed by atoms with Crippen LogP contribution in [0.3, 0.4) is 0 Å². The second-order valence-electron chi connectivity index (χ2n) is 6.86. The third-order valence-electron chi connectivity index (χ3n) is 4.58. The van der Waals surface area contributed by atoms with Crippen LogP contribution in [0.2, 0.25) is 5.02 Å². The Kier molecular flexibility index (Phi) is 7.93. The van der Waals surface area contributed by atoms with Crippen molar-refractivity contribution in [3.8, 4) is 5.75 Å². The molecule has 2 N–H and O–H groups in total. The highest BCUT2D eigenvalue weighted by Crippen LogP contribution is 2.28. The second-order valence-corrected chi connectivity index (χ2v) is 7.27. The number of nitrogens with one attached hydrogen (secondary N) is 1. The zero-order valence-electron chi connectivity index (χ0n) is 16.4. The van der Waals surface area contributed by atoms with E-state index in [2.05, 4.69) is 15.3 Å². The van der Waals surface area contributed by atoms with Gasteiger partial charge in [0.1, 0.15) is 30.3 Å². The van der Waals surface area contributed by atoms with E-state index >= 15 is 0 Å². The largest absolute Gasteiger partial charge is 0.494 e. The van der Waals surface area contributed by atoms with Crippen molar-refractivity contribution in [2.45, 2.75) is 32.1 Å². The van der Waals surface area contributed by atoms with Gasteiger partial charge >= 0.3 is 0 Å². The van der Waals surface area contributed by atoms with E-state index in [9.17, 15) is 9.18 Å². The van der Waals surface area contributed by atoms with Crippen LogP contribution in [0.4, 0.5) is 15.9 Å². The number of hydrogen-bond acceptors (Lipinski definition) is 6. The first-order chi connectivity index (χ1) is 14.6. The number of aliphatic hydroxyl groups is 1. The number of unbranched alkanes of at least 4 members (excludes halogenated alkanes) is 3. The average molecular weight is 432 g/mol. The number of ether oxygens (including phenoxy) is 1. The van der Waals surface area contributed by atoms with E-state index in [1.165, 1.54) is 18.5 Å². The molecule has 1 heterocycles. The van der Waals surface area contributed by atoms with Crippen LogP contribution in [0.25, 0.3) is 10.9 Å². The maximum absolute atomic E-state index is 13.4. The number of fused-ring (bicyclic) bond motifs is 1. The van der Waals surface area contributed by atoms with Crippen LogP contribution in [0.15, 0.2) is 42.7 Å². The fraction of sp³-hybridized carbons (Fsp3) is 0.318. The highest BCUT2D eigenvalue weighted by atomic mass is 35.5. The third-order valence-corrected chi connectivity index (χ3v) is 4.87. The van der Waals surface area contributed by atoms with Crippen molar-refractivity contribution in [1.29, 1.82) is 0 Å². The van der Waals surface area contributed by atoms with Crippen molar-refractivity contribution in [3.63, 3.8) is 0 Å². The van der Waals surface area contributed by atoms with Gasteiger partial charge in [0.15, 0.2) is 5.78 Å². The van der Waals surface area contributed by atoms with E-state index in [-0.39, 0.29) is 17.4 Å². The number of benzene rings is 2. The molecule has 6 nitrogen and oxygen atoms in total. The summed E-state index contributed by atoms with van der Waals surface area (Å²) >= 11 is 5.85. The van der Waals surface area contributed by atoms with Crippen LogP contribution in [-0.2, 0) is 4.79 Å². The van der Waals surface area contributed by atoms with Gasteiger partial charge in [0.25, 0.3) is 0 Å². The molecule has 0 atom stereocenters. The number of rotatable bonds is 11. The molecule has 0 aliphatic carbocycles. The van der Waals surface area contributed by atoms with E-state index in [4.69, 9.17) is 21.4 Å². The summed E-state index contributed by atoms with van der Waals surface area (Å²) in [4.78, 5) is 19.6. The minimum atomic E-state index is -0.481. The molecule has 0 aliphatic rings. The van der Waals surface area contributed by atoms with E-state index < -0.39 is 5.82 Å². The quantitative estimate of drug-likeness (QED) is 0.413. The number of carbonyl (C=O) groups is 1. The smallest absolute Gasteiger partial charge is 0.158 e. The minimum absolute atomic E-state index is 0.0307. The molecule has 0 amide bonds. The molecule has 0 saturated carbocycles. The van der Waals surface area contributed by atoms with Gasteiger partial charge in [0.05, 0.1) is 17.1 Å². The molecule has 2 aromatic carbocycles. The zero-order valence-corrected chi connectivity index (χ0v) is 17.2. The zero-order chi connectivity index (χ0) is 21.3. The monoisotopic (exact) mass is 431 g/mol. The fourth-order valence-corrected chi connectivity index (χ4v) is 3.16. The topological polar surface area (TPSA) is 84.3 Å². The summed E-state index contributed by atoms with van der Waals surface area (Å²) in [5.41, 5.74) is 1.37. The normalized spacial score (nSPS) is 10.9. The Balaban J connectivity index is 1.59. The van der Waals surface area contributed by atoms with Crippen molar-refractivity contribution in [1.82, 2.24) is 9.97 Å². The predicted molar refractivity (Wildman–Crippen MR) is 115 cm³/mol. The Morgan fingerprint density at radius 3 is 2.73 bits per heavy atom. The Hall–Kier alpha value is -2.77. The second kappa shape index (κ2) is 10.8. The van der Waals surface area contributed by atoms with Gasteiger partial charge in [-0.1, -0.05) is 24.4 Å². The highest BCUT2D eigenvalue weighted by Gasteiger charge is 2.08. The number of carbonyl (C=O) groups excluding carboxylic acids is 1. The number of halogens is 2. The van der Waals surface area contributed by atoms with Gasteiger partial charge in [-0.05, 0) is 49.2 Å². The predicted octanol–water partition coefficient (Wildman–Crippen LogP) is 5.06. The van der Waals surface area contributed by atoms with Crippen LogP contribution in [-0.4, -0.2) is 34.1 Å². The number of aromatic nitrogens is 2. The Labute approximate surface area is 179 Å². The molecule has 0 bridgehead atoms. The number of nitrogens with zero attached hydrogens (tertiary/aromatic N) is 2. The molecule has 8 heteroatoms. The lowest BCUT2D eigenvalue weighted by Gasteiger charge is -2.11. The highest BCUT2D eigenvalue weighted by molar-refractivity contribution is 6.31. The summed E-state index contributed by atoms with van der Waals surface area (Å²) in [7, 11) is 0. The lowest BCUT2D eigenvalue weighted by Crippen LogP contribution is -2.03. The summed E-state index contributed by atoms with van der Waals surface area (Å²) in [6.07, 6.45) is 5.42. The molecule has 0 spiro atoms. The SMILES string of the molecule is O=C(CO)CCCCCCOc1ccc2ncnc(Nc3ccc(F)c(Cl)c3)c2c1. The van der Waals surface area contributed by atoms with E-state index in [0.717, 1.165) is 36.6 Å². The summed E-state index contributed by atoms with van der Waals surface area (Å²) < 4.78 is 19.2. The molecule has 30 heavy (non-hydrogen) atoms. The molecular weight excluding hydrogens is 409 g/mol. The van der Waals surface area contributed by atoms with Gasteiger partial charge in [0.2, 0.25) is 0 Å². The number of ketones is 1. The molecule has 0 saturated heterocycles. The van der Waals surface area contributed by atoms with Gasteiger partial charge in [-0.15, -0.1) is 0 Å². The molecular formula is C22H23ClFN3O3.